The number of halogens is 2. The van der Waals surface area contributed by atoms with E-state index in [-0.39, 0.29) is 17.1 Å². The van der Waals surface area contributed by atoms with Crippen molar-refractivity contribution >= 4 is 28.4 Å². The van der Waals surface area contributed by atoms with Crippen LogP contribution >= 0.6 is 11.6 Å². The molecule has 3 rings (SSSR count). The van der Waals surface area contributed by atoms with Crippen LogP contribution in [0.2, 0.25) is 5.02 Å². The molecule has 3 nitrogen and oxygen atoms in total. The van der Waals surface area contributed by atoms with Crippen molar-refractivity contribution < 1.29 is 9.18 Å². The van der Waals surface area contributed by atoms with Crippen LogP contribution in [0, 0.1) is 12.7 Å². The molecule has 1 N–H and O–H groups in total. The van der Waals surface area contributed by atoms with Crippen molar-refractivity contribution in [2.24, 2.45) is 7.05 Å². The van der Waals surface area contributed by atoms with Crippen LogP contribution in [0.3, 0.4) is 0 Å². The summed E-state index contributed by atoms with van der Waals surface area (Å²) in [5, 5.41) is 4.65. The number of carbonyl (C=O) groups is 1. The monoisotopic (exact) mass is 372 g/mol. The highest BCUT2D eigenvalue weighted by Gasteiger charge is 2.24. The number of fused-ring (bicyclic) bond motifs is 1. The average Bonchev–Trinajstić information content (AvgIpc) is 2.84. The molecule has 0 aliphatic rings. The van der Waals surface area contributed by atoms with Crippen LogP contribution in [0.5, 0.6) is 0 Å². The number of amides is 1. The van der Waals surface area contributed by atoms with Crippen molar-refractivity contribution in [3.63, 3.8) is 0 Å². The van der Waals surface area contributed by atoms with Crippen LogP contribution in [-0.4, -0.2) is 17.0 Å². The van der Waals surface area contributed by atoms with E-state index in [1.165, 1.54) is 12.1 Å². The van der Waals surface area contributed by atoms with Gasteiger partial charge in [-0.1, -0.05) is 37.6 Å². The van der Waals surface area contributed by atoms with Gasteiger partial charge in [-0.2, -0.15) is 0 Å². The molecule has 0 fully saturated rings. The van der Waals surface area contributed by atoms with E-state index < -0.39 is 0 Å². The number of nitrogens with zero attached hydrogens (tertiary/aromatic N) is 1. The Bertz CT molecular complexity index is 974. The minimum atomic E-state index is -0.314. The molecule has 0 aliphatic carbocycles. The van der Waals surface area contributed by atoms with E-state index in [2.05, 4.69) is 5.32 Å². The summed E-state index contributed by atoms with van der Waals surface area (Å²) in [5.74, 6) is -0.397. The van der Waals surface area contributed by atoms with Crippen molar-refractivity contribution in [2.45, 2.75) is 26.2 Å². The van der Waals surface area contributed by atoms with E-state index in [0.717, 1.165) is 22.0 Å². The molecule has 5 heteroatoms. The van der Waals surface area contributed by atoms with Crippen molar-refractivity contribution in [1.29, 1.82) is 0 Å². The second-order valence-electron chi connectivity index (χ2n) is 7.27. The SMILES string of the molecule is Cc1c(C(=O)NCC(C)(C)c2ccc(F)cc2)n(C)c2ccc(Cl)cc12. The van der Waals surface area contributed by atoms with Crippen LogP contribution < -0.4 is 5.32 Å². The van der Waals surface area contributed by atoms with Gasteiger partial charge in [-0.3, -0.25) is 4.79 Å². The number of benzene rings is 2. The molecular formula is C21H22ClFN2O. The van der Waals surface area contributed by atoms with Gasteiger partial charge in [0.1, 0.15) is 11.5 Å². The fraction of sp³-hybridized carbons (Fsp3) is 0.286. The molecule has 0 radical (unpaired) electrons. The fourth-order valence-corrected chi connectivity index (χ4v) is 3.48. The number of aromatic nitrogens is 1. The third kappa shape index (κ3) is 3.34. The van der Waals surface area contributed by atoms with Crippen molar-refractivity contribution in [1.82, 2.24) is 9.88 Å². The highest BCUT2D eigenvalue weighted by molar-refractivity contribution is 6.31. The molecule has 3 aromatic rings. The summed E-state index contributed by atoms with van der Waals surface area (Å²) in [5.41, 5.74) is 3.15. The molecule has 2 aromatic carbocycles. The minimum absolute atomic E-state index is 0.132. The van der Waals surface area contributed by atoms with E-state index >= 15 is 0 Å². The summed E-state index contributed by atoms with van der Waals surface area (Å²) in [6.45, 7) is 6.42. The topological polar surface area (TPSA) is 34.0 Å². The summed E-state index contributed by atoms with van der Waals surface area (Å²) in [6.07, 6.45) is 0. The molecule has 1 heterocycles. The summed E-state index contributed by atoms with van der Waals surface area (Å²) >= 11 is 6.10. The lowest BCUT2D eigenvalue weighted by molar-refractivity contribution is 0.0937. The van der Waals surface area contributed by atoms with Crippen molar-refractivity contribution in [2.75, 3.05) is 6.54 Å². The first kappa shape index (κ1) is 18.5. The van der Waals surface area contributed by atoms with Crippen LogP contribution in [0.4, 0.5) is 4.39 Å². The summed E-state index contributed by atoms with van der Waals surface area (Å²) < 4.78 is 15.0. The third-order valence-electron chi connectivity index (χ3n) is 4.95. The number of hydrogen-bond acceptors (Lipinski definition) is 1. The molecule has 0 aliphatic heterocycles. The molecular weight excluding hydrogens is 351 g/mol. The Balaban J connectivity index is 1.84. The maximum atomic E-state index is 13.1. The second kappa shape index (κ2) is 6.76. The Kier molecular flexibility index (Phi) is 4.80. The zero-order valence-electron chi connectivity index (χ0n) is 15.4. The number of hydrogen-bond donors (Lipinski definition) is 1. The lowest BCUT2D eigenvalue weighted by Crippen LogP contribution is -2.37. The number of aryl methyl sites for hydroxylation is 2. The van der Waals surface area contributed by atoms with Crippen molar-refractivity contribution in [3.8, 4) is 0 Å². The fourth-order valence-electron chi connectivity index (χ4n) is 3.31. The van der Waals surface area contributed by atoms with Gasteiger partial charge in [0.05, 0.1) is 0 Å². The molecule has 0 saturated carbocycles. The Labute approximate surface area is 157 Å². The van der Waals surface area contributed by atoms with E-state index in [4.69, 9.17) is 11.6 Å². The van der Waals surface area contributed by atoms with Gasteiger partial charge < -0.3 is 9.88 Å². The third-order valence-corrected chi connectivity index (χ3v) is 5.18. The Morgan fingerprint density at radius 3 is 2.50 bits per heavy atom. The maximum absolute atomic E-state index is 13.1. The van der Waals surface area contributed by atoms with Gasteiger partial charge in [-0.05, 0) is 48.4 Å². The molecule has 1 aromatic heterocycles. The Morgan fingerprint density at radius 2 is 1.85 bits per heavy atom. The first-order chi connectivity index (χ1) is 12.2. The second-order valence-corrected chi connectivity index (χ2v) is 7.70. The highest BCUT2D eigenvalue weighted by Crippen LogP contribution is 2.28. The van der Waals surface area contributed by atoms with Gasteiger partial charge in [0.15, 0.2) is 0 Å². The molecule has 26 heavy (non-hydrogen) atoms. The number of rotatable bonds is 4. The van der Waals surface area contributed by atoms with Crippen LogP contribution in [0.1, 0.15) is 35.5 Å². The average molecular weight is 373 g/mol. The van der Waals surface area contributed by atoms with Crippen LogP contribution in [-0.2, 0) is 12.5 Å². The normalized spacial score (nSPS) is 11.8. The molecule has 0 bridgehead atoms. The Hall–Kier alpha value is -2.33. The standard InChI is InChI=1S/C21H22ClFN2O/c1-13-17-11-15(22)7-10-18(17)25(4)19(13)20(26)24-12-21(2,3)14-5-8-16(23)9-6-14/h5-11H,12H2,1-4H3,(H,24,26). The van der Waals surface area contributed by atoms with Gasteiger partial charge in [-0.15, -0.1) is 0 Å². The van der Waals surface area contributed by atoms with Gasteiger partial charge in [-0.25, -0.2) is 4.39 Å². The predicted molar refractivity (Wildman–Crippen MR) is 104 cm³/mol. The van der Waals surface area contributed by atoms with Crippen LogP contribution in [0.15, 0.2) is 42.5 Å². The largest absolute Gasteiger partial charge is 0.350 e. The highest BCUT2D eigenvalue weighted by atomic mass is 35.5. The molecule has 0 atom stereocenters. The summed E-state index contributed by atoms with van der Waals surface area (Å²) in [6, 6.07) is 12.0. The van der Waals surface area contributed by atoms with Gasteiger partial charge >= 0.3 is 0 Å². The lowest BCUT2D eigenvalue weighted by Gasteiger charge is -2.25. The molecule has 136 valence electrons. The molecule has 1 amide bonds. The maximum Gasteiger partial charge on any atom is 0.268 e. The van der Waals surface area contributed by atoms with Gasteiger partial charge in [0, 0.05) is 34.9 Å². The van der Waals surface area contributed by atoms with Gasteiger partial charge in [0.25, 0.3) is 5.91 Å². The predicted octanol–water partition coefficient (Wildman–Crippen LogP) is 4.99. The van der Waals surface area contributed by atoms with Crippen LogP contribution in [0.25, 0.3) is 10.9 Å². The van der Waals surface area contributed by atoms with E-state index in [9.17, 15) is 9.18 Å². The number of carbonyl (C=O) groups excluding carboxylic acids is 1. The van der Waals surface area contributed by atoms with Crippen molar-refractivity contribution in [3.05, 3.63) is 70.1 Å². The smallest absolute Gasteiger partial charge is 0.268 e. The summed E-state index contributed by atoms with van der Waals surface area (Å²) in [7, 11) is 1.88. The number of nitrogens with one attached hydrogen (secondary N) is 1. The zero-order valence-corrected chi connectivity index (χ0v) is 16.1. The molecule has 0 spiro atoms. The first-order valence-electron chi connectivity index (χ1n) is 8.49. The lowest BCUT2D eigenvalue weighted by atomic mass is 9.84. The zero-order chi connectivity index (χ0) is 19.1. The molecule has 0 unspecified atom stereocenters. The van der Waals surface area contributed by atoms with Gasteiger partial charge in [0.2, 0.25) is 0 Å². The minimum Gasteiger partial charge on any atom is -0.350 e. The van der Waals surface area contributed by atoms with E-state index in [1.807, 2.05) is 50.6 Å². The van der Waals surface area contributed by atoms with E-state index in [1.54, 1.807) is 12.1 Å². The van der Waals surface area contributed by atoms with E-state index in [0.29, 0.717) is 17.3 Å². The summed E-state index contributed by atoms with van der Waals surface area (Å²) in [4.78, 5) is 12.8. The Morgan fingerprint density at radius 1 is 1.19 bits per heavy atom. The first-order valence-corrected chi connectivity index (χ1v) is 8.87. The quantitative estimate of drug-likeness (QED) is 0.688. The molecule has 0 saturated heterocycles.